The number of aliphatic hydroxyl groups excluding tert-OH is 1. The maximum atomic E-state index is 11.9. The molecule has 1 aliphatic carbocycles. The molecule has 0 radical (unpaired) electrons. The second-order valence-corrected chi connectivity index (χ2v) is 9.12. The van der Waals surface area contributed by atoms with E-state index < -0.39 is 11.6 Å². The van der Waals surface area contributed by atoms with Gasteiger partial charge in [-0.05, 0) is 42.2 Å². The van der Waals surface area contributed by atoms with Crippen LogP contribution in [0.3, 0.4) is 0 Å². The second kappa shape index (κ2) is 8.41. The fourth-order valence-corrected chi connectivity index (χ4v) is 5.07. The van der Waals surface area contributed by atoms with Gasteiger partial charge in [0, 0.05) is 47.6 Å². The van der Waals surface area contributed by atoms with E-state index in [0.29, 0.717) is 31.2 Å². The molecule has 1 saturated heterocycles. The van der Waals surface area contributed by atoms with Crippen molar-refractivity contribution < 1.29 is 9.90 Å². The van der Waals surface area contributed by atoms with Crippen LogP contribution in [0.15, 0.2) is 55.4 Å². The number of hydrogen-bond acceptors (Lipinski definition) is 6. The quantitative estimate of drug-likeness (QED) is 0.446. The minimum absolute atomic E-state index is 0.0513. The molecule has 33 heavy (non-hydrogen) atoms. The molecule has 1 aromatic heterocycles. The normalized spacial score (nSPS) is 18.3. The molecule has 1 amide bonds. The van der Waals surface area contributed by atoms with Gasteiger partial charge >= 0.3 is 0 Å². The van der Waals surface area contributed by atoms with Crippen molar-refractivity contribution in [2.75, 3.05) is 31.1 Å². The lowest BCUT2D eigenvalue weighted by Crippen LogP contribution is -2.48. The minimum Gasteiger partial charge on any atom is -0.378 e. The standard InChI is InChI=1S/C25H26ClN5O2/c1-2-22(32)30-9-11-31(12-10-30)23-18-13-20(26)17(14-21(18)28-15-29-23)16-5-3-4-6-19(16)25(7-8-25)24(27)33/h2-6,13-15,24,33H,1,7-12,27H2. The number of aromatic nitrogens is 2. The summed E-state index contributed by atoms with van der Waals surface area (Å²) in [6, 6.07) is 11.9. The van der Waals surface area contributed by atoms with Gasteiger partial charge < -0.3 is 20.6 Å². The van der Waals surface area contributed by atoms with E-state index in [1.54, 1.807) is 11.2 Å². The molecule has 8 heteroatoms. The van der Waals surface area contributed by atoms with Crippen LogP contribution in [0, 0.1) is 0 Å². The Morgan fingerprint density at radius 3 is 2.55 bits per heavy atom. The molecule has 1 saturated carbocycles. The van der Waals surface area contributed by atoms with Crippen LogP contribution in [-0.4, -0.2) is 58.3 Å². The number of benzene rings is 2. The number of carbonyl (C=O) groups is 1. The number of fused-ring (bicyclic) bond motifs is 1. The van der Waals surface area contributed by atoms with Crippen molar-refractivity contribution in [3.8, 4) is 11.1 Å². The summed E-state index contributed by atoms with van der Waals surface area (Å²) in [5, 5.41) is 11.7. The van der Waals surface area contributed by atoms with Crippen molar-refractivity contribution in [2.45, 2.75) is 24.5 Å². The highest BCUT2D eigenvalue weighted by Gasteiger charge is 2.50. The zero-order valence-corrected chi connectivity index (χ0v) is 19.0. The van der Waals surface area contributed by atoms with Gasteiger partial charge in [-0.25, -0.2) is 9.97 Å². The summed E-state index contributed by atoms with van der Waals surface area (Å²) in [4.78, 5) is 24.9. The summed E-state index contributed by atoms with van der Waals surface area (Å²) in [6.07, 6.45) is 3.69. The van der Waals surface area contributed by atoms with Crippen LogP contribution >= 0.6 is 11.6 Å². The third-order valence-corrected chi connectivity index (χ3v) is 7.19. The summed E-state index contributed by atoms with van der Waals surface area (Å²) >= 11 is 6.82. The van der Waals surface area contributed by atoms with Crippen molar-refractivity contribution in [3.63, 3.8) is 0 Å². The molecule has 2 aromatic carbocycles. The molecule has 7 nitrogen and oxygen atoms in total. The van der Waals surface area contributed by atoms with Crippen LogP contribution < -0.4 is 10.6 Å². The molecule has 1 atom stereocenters. The van der Waals surface area contributed by atoms with Crippen molar-refractivity contribution in [2.24, 2.45) is 5.73 Å². The molecule has 3 aromatic rings. The molecule has 5 rings (SSSR count). The average molecular weight is 464 g/mol. The van der Waals surface area contributed by atoms with Gasteiger partial charge in [-0.1, -0.05) is 42.4 Å². The first-order valence-corrected chi connectivity index (χ1v) is 11.5. The van der Waals surface area contributed by atoms with Crippen LogP contribution in [0.2, 0.25) is 5.02 Å². The maximum absolute atomic E-state index is 11.9. The van der Waals surface area contributed by atoms with Crippen LogP contribution in [-0.2, 0) is 10.2 Å². The number of aliphatic hydroxyl groups is 1. The lowest BCUT2D eigenvalue weighted by atomic mass is 9.86. The van der Waals surface area contributed by atoms with Gasteiger partial charge in [0.1, 0.15) is 18.4 Å². The van der Waals surface area contributed by atoms with Crippen LogP contribution in [0.4, 0.5) is 5.82 Å². The summed E-state index contributed by atoms with van der Waals surface area (Å²) in [7, 11) is 0. The molecule has 2 heterocycles. The molecule has 170 valence electrons. The van der Waals surface area contributed by atoms with E-state index >= 15 is 0 Å². The van der Waals surface area contributed by atoms with Crippen LogP contribution in [0.5, 0.6) is 0 Å². The van der Waals surface area contributed by atoms with Gasteiger partial charge in [-0.15, -0.1) is 0 Å². The van der Waals surface area contributed by atoms with Gasteiger partial charge in [0.2, 0.25) is 5.91 Å². The SMILES string of the molecule is C=CC(=O)N1CCN(c2ncnc3cc(-c4ccccc4C4(C(N)O)CC4)c(Cl)cc23)CC1. The smallest absolute Gasteiger partial charge is 0.246 e. The third-order valence-electron chi connectivity index (χ3n) is 6.88. The lowest BCUT2D eigenvalue weighted by Gasteiger charge is -2.35. The predicted octanol–water partition coefficient (Wildman–Crippen LogP) is 3.09. The van der Waals surface area contributed by atoms with Crippen molar-refractivity contribution in [1.29, 1.82) is 0 Å². The molecule has 1 aliphatic heterocycles. The molecule has 1 unspecified atom stereocenters. The van der Waals surface area contributed by atoms with Crippen molar-refractivity contribution >= 4 is 34.2 Å². The highest BCUT2D eigenvalue weighted by Crippen LogP contribution is 2.53. The number of anilines is 1. The number of nitrogens with zero attached hydrogens (tertiary/aromatic N) is 4. The van der Waals surface area contributed by atoms with E-state index in [-0.39, 0.29) is 5.91 Å². The molecular weight excluding hydrogens is 438 g/mol. The fraction of sp³-hybridized carbons (Fsp3) is 0.320. The van der Waals surface area contributed by atoms with E-state index in [1.165, 1.54) is 6.08 Å². The second-order valence-electron chi connectivity index (χ2n) is 8.71. The molecule has 0 spiro atoms. The van der Waals surface area contributed by atoms with Crippen LogP contribution in [0.25, 0.3) is 22.0 Å². The summed E-state index contributed by atoms with van der Waals surface area (Å²) in [6.45, 7) is 6.13. The van der Waals surface area contributed by atoms with Crippen molar-refractivity contribution in [1.82, 2.24) is 14.9 Å². The number of piperazine rings is 1. The topological polar surface area (TPSA) is 95.6 Å². The fourth-order valence-electron chi connectivity index (χ4n) is 4.80. The van der Waals surface area contributed by atoms with E-state index in [1.807, 2.05) is 36.4 Å². The molecular formula is C25H26ClN5O2. The average Bonchev–Trinajstić information content (AvgIpc) is 3.65. The number of rotatable bonds is 5. The molecule has 2 fully saturated rings. The Labute approximate surface area is 197 Å². The largest absolute Gasteiger partial charge is 0.378 e. The highest BCUT2D eigenvalue weighted by molar-refractivity contribution is 6.34. The first-order chi connectivity index (χ1) is 15.9. The number of halogens is 1. The van der Waals surface area contributed by atoms with Gasteiger partial charge in [0.15, 0.2) is 0 Å². The highest BCUT2D eigenvalue weighted by atomic mass is 35.5. The van der Waals surface area contributed by atoms with E-state index in [4.69, 9.17) is 17.3 Å². The Morgan fingerprint density at radius 2 is 1.88 bits per heavy atom. The zero-order chi connectivity index (χ0) is 23.2. The number of amides is 1. The van der Waals surface area contributed by atoms with Gasteiger partial charge in [0.25, 0.3) is 0 Å². The van der Waals surface area contributed by atoms with Gasteiger partial charge in [0.05, 0.1) is 5.52 Å². The van der Waals surface area contributed by atoms with Gasteiger partial charge in [-0.2, -0.15) is 0 Å². The molecule has 2 aliphatic rings. The Kier molecular flexibility index (Phi) is 5.56. The first-order valence-electron chi connectivity index (χ1n) is 11.1. The number of hydrogen-bond donors (Lipinski definition) is 2. The van der Waals surface area contributed by atoms with Crippen LogP contribution in [0.1, 0.15) is 18.4 Å². The number of carbonyl (C=O) groups excluding carboxylic acids is 1. The Bertz CT molecular complexity index is 1230. The Balaban J connectivity index is 1.53. The van der Waals surface area contributed by atoms with E-state index in [9.17, 15) is 9.90 Å². The third kappa shape index (κ3) is 3.76. The Morgan fingerprint density at radius 1 is 1.15 bits per heavy atom. The first kappa shape index (κ1) is 21.8. The van der Waals surface area contributed by atoms with Crippen molar-refractivity contribution in [3.05, 3.63) is 66.0 Å². The molecule has 0 bridgehead atoms. The summed E-state index contributed by atoms with van der Waals surface area (Å²) in [5.74, 6) is 0.757. The maximum Gasteiger partial charge on any atom is 0.246 e. The monoisotopic (exact) mass is 463 g/mol. The summed E-state index contributed by atoms with van der Waals surface area (Å²) < 4.78 is 0. The van der Waals surface area contributed by atoms with E-state index in [0.717, 1.165) is 46.3 Å². The Hall–Kier alpha value is -3.00. The minimum atomic E-state index is -0.918. The summed E-state index contributed by atoms with van der Waals surface area (Å²) in [5.41, 5.74) is 9.15. The molecule has 3 N–H and O–H groups in total. The lowest BCUT2D eigenvalue weighted by molar-refractivity contribution is -0.126. The predicted molar refractivity (Wildman–Crippen MR) is 130 cm³/mol. The zero-order valence-electron chi connectivity index (χ0n) is 18.2. The van der Waals surface area contributed by atoms with Gasteiger partial charge in [-0.3, -0.25) is 4.79 Å². The number of nitrogens with two attached hydrogens (primary N) is 1. The van der Waals surface area contributed by atoms with E-state index in [2.05, 4.69) is 21.4 Å².